The molecule has 0 heterocycles. The molecule has 0 aliphatic heterocycles. The van der Waals surface area contributed by atoms with Gasteiger partial charge >= 0.3 is 6.61 Å². The van der Waals surface area contributed by atoms with E-state index in [1.165, 1.54) is 69.8 Å². The van der Waals surface area contributed by atoms with Gasteiger partial charge in [-0.3, -0.25) is 0 Å². The van der Waals surface area contributed by atoms with Gasteiger partial charge in [-0.1, -0.05) is 101 Å². The molecule has 0 atom stereocenters. The number of hydrogen-bond acceptors (Lipinski definition) is 1. The van der Waals surface area contributed by atoms with Gasteiger partial charge < -0.3 is 4.74 Å². The largest absolute Gasteiger partial charge is 0.435 e. The summed E-state index contributed by atoms with van der Waals surface area (Å²) in [4.78, 5) is 0. The quantitative estimate of drug-likeness (QED) is 0.334. The Labute approximate surface area is 180 Å². The highest BCUT2D eigenvalue weighted by molar-refractivity contribution is 5.64. The van der Waals surface area contributed by atoms with Gasteiger partial charge in [-0.15, -0.1) is 0 Å². The third-order valence-electron chi connectivity index (χ3n) is 6.64. The van der Waals surface area contributed by atoms with Gasteiger partial charge in [0.25, 0.3) is 0 Å². The van der Waals surface area contributed by atoms with E-state index in [1.54, 1.807) is 12.1 Å². The minimum absolute atomic E-state index is 0.195. The van der Waals surface area contributed by atoms with Gasteiger partial charge in [0.2, 0.25) is 0 Å². The second kappa shape index (κ2) is 12.1. The van der Waals surface area contributed by atoms with Crippen LogP contribution in [0.4, 0.5) is 8.78 Å². The first kappa shape index (κ1) is 22.8. The minimum atomic E-state index is -2.78. The molecule has 1 saturated carbocycles. The van der Waals surface area contributed by atoms with Crippen molar-refractivity contribution in [1.82, 2.24) is 0 Å². The van der Waals surface area contributed by atoms with Crippen LogP contribution in [0.3, 0.4) is 0 Å². The van der Waals surface area contributed by atoms with E-state index >= 15 is 0 Å². The summed E-state index contributed by atoms with van der Waals surface area (Å²) in [5.74, 6) is 2.06. The molecule has 1 aliphatic carbocycles. The Morgan fingerprint density at radius 2 is 1.33 bits per heavy atom. The lowest BCUT2D eigenvalue weighted by molar-refractivity contribution is -0.0498. The monoisotopic (exact) mass is 414 g/mol. The zero-order valence-electron chi connectivity index (χ0n) is 18.3. The summed E-state index contributed by atoms with van der Waals surface area (Å²) in [6.07, 6.45) is 15.1. The average Bonchev–Trinajstić information content (AvgIpc) is 2.77. The van der Waals surface area contributed by atoms with Crippen LogP contribution in [0.25, 0.3) is 11.1 Å². The third-order valence-corrected chi connectivity index (χ3v) is 6.64. The number of halogens is 2. The Morgan fingerprint density at radius 1 is 0.767 bits per heavy atom. The fourth-order valence-electron chi connectivity index (χ4n) is 4.73. The van der Waals surface area contributed by atoms with Crippen molar-refractivity contribution in [1.29, 1.82) is 0 Å². The van der Waals surface area contributed by atoms with E-state index in [0.717, 1.165) is 29.4 Å². The second-order valence-corrected chi connectivity index (χ2v) is 8.87. The molecule has 0 unspecified atom stereocenters. The summed E-state index contributed by atoms with van der Waals surface area (Å²) < 4.78 is 29.0. The Morgan fingerprint density at radius 3 is 1.90 bits per heavy atom. The summed E-state index contributed by atoms with van der Waals surface area (Å²) in [5, 5.41) is 0. The van der Waals surface area contributed by atoms with Crippen molar-refractivity contribution in [2.75, 3.05) is 0 Å². The first-order chi connectivity index (χ1) is 14.6. The Hall–Kier alpha value is -1.90. The van der Waals surface area contributed by atoms with Gasteiger partial charge in [0.1, 0.15) is 5.75 Å². The molecular formula is C27H36F2O. The van der Waals surface area contributed by atoms with Gasteiger partial charge in [0, 0.05) is 0 Å². The van der Waals surface area contributed by atoms with Crippen molar-refractivity contribution in [2.24, 2.45) is 11.8 Å². The van der Waals surface area contributed by atoms with Crippen LogP contribution in [0.5, 0.6) is 5.75 Å². The summed E-state index contributed by atoms with van der Waals surface area (Å²) in [5.41, 5.74) is 3.50. The molecule has 1 fully saturated rings. The molecule has 30 heavy (non-hydrogen) atoms. The van der Waals surface area contributed by atoms with E-state index in [1.807, 2.05) is 12.1 Å². The molecule has 0 amide bonds. The second-order valence-electron chi connectivity index (χ2n) is 8.87. The van der Waals surface area contributed by atoms with E-state index in [4.69, 9.17) is 0 Å². The molecule has 3 rings (SSSR count). The summed E-state index contributed by atoms with van der Waals surface area (Å²) >= 11 is 0. The van der Waals surface area contributed by atoms with E-state index in [0.29, 0.717) is 0 Å². The molecule has 0 N–H and O–H groups in total. The lowest BCUT2D eigenvalue weighted by Crippen LogP contribution is -2.15. The average molecular weight is 415 g/mol. The lowest BCUT2D eigenvalue weighted by Gasteiger charge is -2.28. The van der Waals surface area contributed by atoms with Crippen LogP contribution >= 0.6 is 0 Å². The van der Waals surface area contributed by atoms with Crippen LogP contribution < -0.4 is 4.74 Å². The van der Waals surface area contributed by atoms with Gasteiger partial charge in [0.05, 0.1) is 0 Å². The maximum absolute atomic E-state index is 12.3. The van der Waals surface area contributed by atoms with Crippen molar-refractivity contribution in [3.8, 4) is 16.9 Å². The van der Waals surface area contributed by atoms with Crippen LogP contribution in [0.15, 0.2) is 48.5 Å². The van der Waals surface area contributed by atoms with Crippen LogP contribution in [0.2, 0.25) is 0 Å². The summed E-state index contributed by atoms with van der Waals surface area (Å²) in [6, 6.07) is 15.5. The molecular weight excluding hydrogens is 378 g/mol. The van der Waals surface area contributed by atoms with E-state index in [-0.39, 0.29) is 5.75 Å². The first-order valence-corrected chi connectivity index (χ1v) is 11.8. The van der Waals surface area contributed by atoms with Gasteiger partial charge in [-0.25, -0.2) is 0 Å². The first-order valence-electron chi connectivity index (χ1n) is 11.8. The van der Waals surface area contributed by atoms with E-state index in [2.05, 4.69) is 35.9 Å². The fraction of sp³-hybridized carbons (Fsp3) is 0.556. The Balaban J connectivity index is 1.40. The highest BCUT2D eigenvalue weighted by Crippen LogP contribution is 2.34. The van der Waals surface area contributed by atoms with Crippen molar-refractivity contribution < 1.29 is 13.5 Å². The van der Waals surface area contributed by atoms with Gasteiger partial charge in [-0.2, -0.15) is 8.78 Å². The smallest absolute Gasteiger partial charge is 0.387 e. The normalized spacial score (nSPS) is 19.2. The molecule has 0 spiro atoms. The number of ether oxygens (including phenoxy) is 1. The van der Waals surface area contributed by atoms with Crippen molar-refractivity contribution >= 4 is 0 Å². The number of benzene rings is 2. The number of unbranched alkanes of at least 4 members (excludes halogenated alkanes) is 3. The zero-order chi connectivity index (χ0) is 21.2. The van der Waals surface area contributed by atoms with Crippen molar-refractivity contribution in [3.63, 3.8) is 0 Å². The molecule has 1 aliphatic rings. The van der Waals surface area contributed by atoms with E-state index in [9.17, 15) is 8.78 Å². The summed E-state index contributed by atoms with van der Waals surface area (Å²) in [6.45, 7) is -0.499. The Bertz CT molecular complexity index is 716. The minimum Gasteiger partial charge on any atom is -0.435 e. The SMILES string of the molecule is CCCCCCC1CCC(CCc2ccc(-c3ccc(OC(F)F)cc3)cc2)CC1. The number of alkyl halides is 2. The topological polar surface area (TPSA) is 9.23 Å². The molecule has 0 bridgehead atoms. The Kier molecular flexibility index (Phi) is 9.17. The predicted molar refractivity (Wildman–Crippen MR) is 121 cm³/mol. The molecule has 3 heteroatoms. The van der Waals surface area contributed by atoms with Crippen molar-refractivity contribution in [3.05, 3.63) is 54.1 Å². The van der Waals surface area contributed by atoms with Crippen LogP contribution in [-0.4, -0.2) is 6.61 Å². The molecule has 2 aromatic carbocycles. The fourth-order valence-corrected chi connectivity index (χ4v) is 4.73. The maximum atomic E-state index is 12.3. The van der Waals surface area contributed by atoms with Gasteiger partial charge in [-0.05, 0) is 53.5 Å². The molecule has 0 aromatic heterocycles. The highest BCUT2D eigenvalue weighted by atomic mass is 19.3. The molecule has 0 saturated heterocycles. The number of aryl methyl sites for hydroxylation is 1. The predicted octanol–water partition coefficient (Wildman–Crippen LogP) is 8.66. The molecule has 1 nitrogen and oxygen atoms in total. The summed E-state index contributed by atoms with van der Waals surface area (Å²) in [7, 11) is 0. The van der Waals surface area contributed by atoms with Gasteiger partial charge in [0.15, 0.2) is 0 Å². The highest BCUT2D eigenvalue weighted by Gasteiger charge is 2.20. The number of hydrogen-bond donors (Lipinski definition) is 0. The van der Waals surface area contributed by atoms with E-state index < -0.39 is 6.61 Å². The van der Waals surface area contributed by atoms with Crippen LogP contribution in [0.1, 0.15) is 76.7 Å². The maximum Gasteiger partial charge on any atom is 0.387 e. The van der Waals surface area contributed by atoms with Crippen LogP contribution in [-0.2, 0) is 6.42 Å². The van der Waals surface area contributed by atoms with Crippen molar-refractivity contribution in [2.45, 2.75) is 84.2 Å². The molecule has 164 valence electrons. The standard InChI is InChI=1S/C27H36F2O/c1-2-3-4-5-6-21-7-9-22(10-8-21)11-12-23-13-15-24(16-14-23)25-17-19-26(20-18-25)30-27(28)29/h13-22,27H,2-12H2,1H3. The number of rotatable bonds is 11. The molecule has 2 aromatic rings. The molecule has 0 radical (unpaired) electrons. The zero-order valence-corrected chi connectivity index (χ0v) is 18.3. The third kappa shape index (κ3) is 7.41. The lowest BCUT2D eigenvalue weighted by atomic mass is 9.77. The van der Waals surface area contributed by atoms with Crippen LogP contribution in [0, 0.1) is 11.8 Å².